The van der Waals surface area contributed by atoms with E-state index in [-0.39, 0.29) is 5.91 Å². The topological polar surface area (TPSA) is 55.1 Å². The molecule has 1 atom stereocenters. The van der Waals surface area contributed by atoms with E-state index in [4.69, 9.17) is 5.73 Å². The first-order valence-electron chi connectivity index (χ1n) is 6.67. The molecule has 0 saturated carbocycles. The van der Waals surface area contributed by atoms with Crippen LogP contribution in [-0.4, -0.2) is 19.0 Å². The Kier molecular flexibility index (Phi) is 10.5. The number of nitrogens with two attached hydrogens (primary N) is 1. The van der Waals surface area contributed by atoms with Crippen molar-refractivity contribution in [3.8, 4) is 0 Å². The Morgan fingerprint density at radius 3 is 2.62 bits per heavy atom. The van der Waals surface area contributed by atoms with Crippen LogP contribution in [0.1, 0.15) is 58.8 Å². The molecular formula is C13H28N2O. The lowest BCUT2D eigenvalue weighted by atomic mass is 10.0. The predicted octanol–water partition coefficient (Wildman–Crippen LogP) is 2.45. The fraction of sp³-hybridized carbons (Fsp3) is 0.923. The second kappa shape index (κ2) is 10.9. The van der Waals surface area contributed by atoms with Crippen molar-refractivity contribution in [2.24, 2.45) is 11.7 Å². The lowest BCUT2D eigenvalue weighted by Gasteiger charge is -2.09. The van der Waals surface area contributed by atoms with Crippen LogP contribution in [0.2, 0.25) is 0 Å². The standard InChI is InChI=1S/C13H28N2O/c1-3-4-5-6-11-15-13(16)8-7-12(2)9-10-14/h12H,3-11,14H2,1-2H3,(H,15,16). The summed E-state index contributed by atoms with van der Waals surface area (Å²) in [5, 5.41) is 2.97. The molecule has 0 bridgehead atoms. The number of carbonyl (C=O) groups is 1. The van der Waals surface area contributed by atoms with E-state index in [1.165, 1.54) is 19.3 Å². The van der Waals surface area contributed by atoms with Gasteiger partial charge in [-0.05, 0) is 31.7 Å². The smallest absolute Gasteiger partial charge is 0.220 e. The minimum absolute atomic E-state index is 0.195. The van der Waals surface area contributed by atoms with Gasteiger partial charge in [0.25, 0.3) is 0 Å². The Morgan fingerprint density at radius 2 is 2.00 bits per heavy atom. The fourth-order valence-corrected chi connectivity index (χ4v) is 1.67. The maximum Gasteiger partial charge on any atom is 0.220 e. The van der Waals surface area contributed by atoms with Gasteiger partial charge in [-0.2, -0.15) is 0 Å². The van der Waals surface area contributed by atoms with Crippen LogP contribution in [0.25, 0.3) is 0 Å². The molecule has 3 heteroatoms. The van der Waals surface area contributed by atoms with Gasteiger partial charge in [0.05, 0.1) is 0 Å². The predicted molar refractivity (Wildman–Crippen MR) is 69.2 cm³/mol. The van der Waals surface area contributed by atoms with Gasteiger partial charge >= 0.3 is 0 Å². The van der Waals surface area contributed by atoms with E-state index >= 15 is 0 Å². The number of rotatable bonds is 10. The number of amides is 1. The summed E-state index contributed by atoms with van der Waals surface area (Å²) in [5.74, 6) is 0.760. The van der Waals surface area contributed by atoms with Crippen LogP contribution in [0.5, 0.6) is 0 Å². The first-order chi connectivity index (χ1) is 7.70. The Morgan fingerprint density at radius 1 is 1.25 bits per heavy atom. The number of carbonyl (C=O) groups excluding carboxylic acids is 1. The third kappa shape index (κ3) is 9.97. The summed E-state index contributed by atoms with van der Waals surface area (Å²) >= 11 is 0. The summed E-state index contributed by atoms with van der Waals surface area (Å²) in [5.41, 5.74) is 5.46. The zero-order valence-electron chi connectivity index (χ0n) is 10.9. The summed E-state index contributed by atoms with van der Waals surface area (Å²) < 4.78 is 0. The molecule has 0 spiro atoms. The quantitative estimate of drug-likeness (QED) is 0.564. The summed E-state index contributed by atoms with van der Waals surface area (Å²) in [6.07, 6.45) is 7.46. The molecule has 0 aliphatic rings. The first-order valence-corrected chi connectivity index (χ1v) is 6.67. The Hall–Kier alpha value is -0.570. The molecule has 3 N–H and O–H groups in total. The van der Waals surface area contributed by atoms with Crippen molar-refractivity contribution >= 4 is 5.91 Å². The molecule has 0 radical (unpaired) electrons. The average Bonchev–Trinajstić information content (AvgIpc) is 2.26. The molecule has 96 valence electrons. The highest BCUT2D eigenvalue weighted by Crippen LogP contribution is 2.08. The van der Waals surface area contributed by atoms with Gasteiger partial charge in [0, 0.05) is 13.0 Å². The Bertz CT molecular complexity index is 171. The van der Waals surface area contributed by atoms with E-state index in [1.54, 1.807) is 0 Å². The van der Waals surface area contributed by atoms with Crippen molar-refractivity contribution in [3.63, 3.8) is 0 Å². The monoisotopic (exact) mass is 228 g/mol. The number of unbranched alkanes of at least 4 members (excludes halogenated alkanes) is 3. The fourth-order valence-electron chi connectivity index (χ4n) is 1.67. The molecule has 0 fully saturated rings. The first kappa shape index (κ1) is 15.4. The van der Waals surface area contributed by atoms with Crippen molar-refractivity contribution in [3.05, 3.63) is 0 Å². The zero-order valence-corrected chi connectivity index (χ0v) is 10.9. The molecule has 0 aliphatic heterocycles. The van der Waals surface area contributed by atoms with Crippen LogP contribution in [0.3, 0.4) is 0 Å². The van der Waals surface area contributed by atoms with Crippen LogP contribution in [0.4, 0.5) is 0 Å². The molecular weight excluding hydrogens is 200 g/mol. The van der Waals surface area contributed by atoms with Crippen molar-refractivity contribution < 1.29 is 4.79 Å². The molecule has 0 heterocycles. The summed E-state index contributed by atoms with van der Waals surface area (Å²) in [4.78, 5) is 11.4. The van der Waals surface area contributed by atoms with E-state index in [0.29, 0.717) is 12.3 Å². The van der Waals surface area contributed by atoms with Crippen LogP contribution in [0, 0.1) is 5.92 Å². The Labute approximate surface area is 100 Å². The maximum atomic E-state index is 11.4. The normalized spacial score (nSPS) is 12.4. The molecule has 0 saturated heterocycles. The highest BCUT2D eigenvalue weighted by Gasteiger charge is 2.05. The molecule has 3 nitrogen and oxygen atoms in total. The molecule has 0 aromatic carbocycles. The van der Waals surface area contributed by atoms with Gasteiger partial charge in [-0.15, -0.1) is 0 Å². The van der Waals surface area contributed by atoms with Crippen molar-refractivity contribution in [1.82, 2.24) is 5.32 Å². The second-order valence-corrected chi connectivity index (χ2v) is 4.63. The summed E-state index contributed by atoms with van der Waals surface area (Å²) in [6.45, 7) is 5.91. The second-order valence-electron chi connectivity index (χ2n) is 4.63. The van der Waals surface area contributed by atoms with Gasteiger partial charge < -0.3 is 11.1 Å². The van der Waals surface area contributed by atoms with Crippen molar-refractivity contribution in [1.29, 1.82) is 0 Å². The van der Waals surface area contributed by atoms with E-state index in [1.807, 2.05) is 0 Å². The van der Waals surface area contributed by atoms with Crippen molar-refractivity contribution in [2.75, 3.05) is 13.1 Å². The van der Waals surface area contributed by atoms with Crippen LogP contribution < -0.4 is 11.1 Å². The molecule has 1 unspecified atom stereocenters. The lowest BCUT2D eigenvalue weighted by molar-refractivity contribution is -0.121. The average molecular weight is 228 g/mol. The SMILES string of the molecule is CCCCCCNC(=O)CCC(C)CCN. The third-order valence-electron chi connectivity index (χ3n) is 2.88. The largest absolute Gasteiger partial charge is 0.356 e. The highest BCUT2D eigenvalue weighted by atomic mass is 16.1. The van der Waals surface area contributed by atoms with Gasteiger partial charge in [0.2, 0.25) is 5.91 Å². The van der Waals surface area contributed by atoms with E-state index < -0.39 is 0 Å². The minimum atomic E-state index is 0.195. The van der Waals surface area contributed by atoms with E-state index in [2.05, 4.69) is 19.2 Å². The molecule has 0 aromatic rings. The van der Waals surface area contributed by atoms with Gasteiger partial charge in [0.15, 0.2) is 0 Å². The van der Waals surface area contributed by atoms with E-state index in [9.17, 15) is 4.79 Å². The van der Waals surface area contributed by atoms with Crippen LogP contribution in [0.15, 0.2) is 0 Å². The van der Waals surface area contributed by atoms with Gasteiger partial charge in [-0.25, -0.2) is 0 Å². The van der Waals surface area contributed by atoms with Crippen molar-refractivity contribution in [2.45, 2.75) is 58.8 Å². The zero-order chi connectivity index (χ0) is 12.2. The highest BCUT2D eigenvalue weighted by molar-refractivity contribution is 5.75. The van der Waals surface area contributed by atoms with Crippen LogP contribution in [-0.2, 0) is 4.79 Å². The number of nitrogens with one attached hydrogen (secondary N) is 1. The molecule has 16 heavy (non-hydrogen) atoms. The van der Waals surface area contributed by atoms with Gasteiger partial charge in [0.1, 0.15) is 0 Å². The molecule has 0 aromatic heterocycles. The minimum Gasteiger partial charge on any atom is -0.356 e. The van der Waals surface area contributed by atoms with E-state index in [0.717, 1.165) is 32.4 Å². The van der Waals surface area contributed by atoms with Gasteiger partial charge in [-0.1, -0.05) is 33.1 Å². The van der Waals surface area contributed by atoms with Gasteiger partial charge in [-0.3, -0.25) is 4.79 Å². The summed E-state index contributed by atoms with van der Waals surface area (Å²) in [7, 11) is 0. The molecule has 1 amide bonds. The third-order valence-corrected chi connectivity index (χ3v) is 2.88. The number of hydrogen-bond acceptors (Lipinski definition) is 2. The number of hydrogen-bond donors (Lipinski definition) is 2. The van der Waals surface area contributed by atoms with Crippen LogP contribution >= 0.6 is 0 Å². The molecule has 0 aliphatic carbocycles. The summed E-state index contributed by atoms with van der Waals surface area (Å²) in [6, 6.07) is 0. The maximum absolute atomic E-state index is 11.4. The molecule has 0 rings (SSSR count). The lowest BCUT2D eigenvalue weighted by Crippen LogP contribution is -2.24. The Balaban J connectivity index is 3.30.